The van der Waals surface area contributed by atoms with Crippen LogP contribution >= 0.6 is 0 Å². The number of amides is 1. The summed E-state index contributed by atoms with van der Waals surface area (Å²) in [5.74, 6) is 0.827. The number of methoxy groups -OCH3 is 1. The predicted octanol–water partition coefficient (Wildman–Crippen LogP) is 6.93. The van der Waals surface area contributed by atoms with E-state index in [0.29, 0.717) is 0 Å². The second kappa shape index (κ2) is 15.1. The number of hydrogen-bond donors (Lipinski definition) is 3. The smallest absolute Gasteiger partial charge is 0.497 e. The van der Waals surface area contributed by atoms with Gasteiger partial charge in [-0.3, -0.25) is 4.79 Å². The van der Waals surface area contributed by atoms with E-state index in [0.717, 1.165) is 61.3 Å². The van der Waals surface area contributed by atoms with Gasteiger partial charge in [0.25, 0.3) is 5.91 Å². The molecule has 40 heavy (non-hydrogen) atoms. The fraction of sp³-hybridized carbons (Fsp3) is 0.394. The highest BCUT2D eigenvalue weighted by Crippen LogP contribution is 2.32. The monoisotopic (exact) mass is 546 g/mol. The van der Waals surface area contributed by atoms with Gasteiger partial charge in [0, 0.05) is 24.7 Å². The highest BCUT2D eigenvalue weighted by atomic mass is 16.6. The van der Waals surface area contributed by atoms with E-state index >= 15 is 0 Å². The van der Waals surface area contributed by atoms with Crippen molar-refractivity contribution in [1.29, 1.82) is 0 Å². The number of rotatable bonds is 10. The molecular weight excluding hydrogens is 504 g/mol. The zero-order chi connectivity index (χ0) is 29.0. The molecule has 3 N–H and O–H groups in total. The lowest BCUT2D eigenvalue weighted by Gasteiger charge is -2.34. The molecule has 1 atom stereocenters. The number of benzene rings is 3. The zero-order valence-corrected chi connectivity index (χ0v) is 23.8. The maximum atomic E-state index is 13.2. The van der Waals surface area contributed by atoms with Gasteiger partial charge in [-0.05, 0) is 79.0 Å². The van der Waals surface area contributed by atoms with E-state index in [2.05, 4.69) is 54.4 Å². The first-order valence-electron chi connectivity index (χ1n) is 14.0. The van der Waals surface area contributed by atoms with Gasteiger partial charge in [-0.15, -0.1) is 0 Å². The second-order valence-corrected chi connectivity index (χ2v) is 10.5. The van der Waals surface area contributed by atoms with E-state index in [1.807, 2.05) is 48.5 Å². The Kier molecular flexibility index (Phi) is 11.6. The molecular formula is C33H42N2O5. The van der Waals surface area contributed by atoms with Gasteiger partial charge in [0.05, 0.1) is 7.11 Å². The largest absolute Gasteiger partial charge is 0.503 e. The first-order chi connectivity index (χ1) is 19.3. The maximum absolute atomic E-state index is 13.2. The molecule has 7 nitrogen and oxygen atoms in total. The Bertz CT molecular complexity index is 1200. The van der Waals surface area contributed by atoms with Crippen molar-refractivity contribution in [2.24, 2.45) is 0 Å². The zero-order valence-electron chi connectivity index (χ0n) is 23.8. The Hall–Kier alpha value is -3.84. The predicted molar refractivity (Wildman–Crippen MR) is 159 cm³/mol. The molecule has 0 aromatic heterocycles. The number of nitrogens with zero attached hydrogens (tertiary/aromatic N) is 1. The van der Waals surface area contributed by atoms with E-state index in [1.54, 1.807) is 7.11 Å². The van der Waals surface area contributed by atoms with Crippen LogP contribution in [0.15, 0.2) is 78.9 Å². The molecule has 214 valence electrons. The molecule has 4 rings (SSSR count). The van der Waals surface area contributed by atoms with Crippen LogP contribution in [0, 0.1) is 0 Å². The number of piperidine rings is 1. The number of hydrogen-bond acceptors (Lipinski definition) is 4. The molecule has 1 heterocycles. The summed E-state index contributed by atoms with van der Waals surface area (Å²) in [6, 6.07) is 26.9. The standard InChI is InChI=1S/C32H40N2O2.CH2O3/c1-4-32(2,26-11-6-5-7-12-26)21-10-22-34-23-19-27(20-24-34)33-31(35)30-14-9-8-13-29(30)25-15-17-28(36-3)18-16-25;2-1(3)4/h5-9,11-18,27H,4,10,19-24H2,1-3H3,(H,33,35);(H2,2,3,4). The number of carboxylic acid groups (broad SMARTS) is 2. The van der Waals surface area contributed by atoms with Gasteiger partial charge in [-0.1, -0.05) is 74.5 Å². The van der Waals surface area contributed by atoms with Gasteiger partial charge in [0.1, 0.15) is 5.75 Å². The van der Waals surface area contributed by atoms with Gasteiger partial charge < -0.3 is 25.2 Å². The van der Waals surface area contributed by atoms with Crippen molar-refractivity contribution in [3.05, 3.63) is 90.0 Å². The third-order valence-corrected chi connectivity index (χ3v) is 7.95. The average Bonchev–Trinajstić information content (AvgIpc) is 2.98. The summed E-state index contributed by atoms with van der Waals surface area (Å²) >= 11 is 0. The average molecular weight is 547 g/mol. The Morgan fingerprint density at radius 1 is 0.950 bits per heavy atom. The van der Waals surface area contributed by atoms with Crippen molar-refractivity contribution in [2.45, 2.75) is 57.4 Å². The Morgan fingerprint density at radius 3 is 2.15 bits per heavy atom. The van der Waals surface area contributed by atoms with Crippen LogP contribution in [-0.4, -0.2) is 60.0 Å². The van der Waals surface area contributed by atoms with Crippen LogP contribution in [0.2, 0.25) is 0 Å². The first kappa shape index (κ1) is 30.7. The molecule has 0 saturated carbocycles. The van der Waals surface area contributed by atoms with Crippen molar-refractivity contribution in [3.8, 4) is 16.9 Å². The van der Waals surface area contributed by atoms with E-state index in [1.165, 1.54) is 18.4 Å². The number of carbonyl (C=O) groups is 2. The maximum Gasteiger partial charge on any atom is 0.503 e. The van der Waals surface area contributed by atoms with E-state index in [-0.39, 0.29) is 17.4 Å². The summed E-state index contributed by atoms with van der Waals surface area (Å²) in [7, 11) is 1.66. The van der Waals surface area contributed by atoms with Crippen LogP contribution in [0.1, 0.15) is 61.9 Å². The molecule has 0 bridgehead atoms. The van der Waals surface area contributed by atoms with Crippen LogP contribution < -0.4 is 10.1 Å². The minimum absolute atomic E-state index is 0.0152. The molecule has 1 aliphatic rings. The molecule has 7 heteroatoms. The molecule has 1 unspecified atom stereocenters. The third kappa shape index (κ3) is 8.85. The number of carbonyl (C=O) groups excluding carboxylic acids is 1. The lowest BCUT2D eigenvalue weighted by atomic mass is 9.76. The van der Waals surface area contributed by atoms with Crippen molar-refractivity contribution in [3.63, 3.8) is 0 Å². The number of likely N-dealkylation sites (tertiary alicyclic amines) is 1. The van der Waals surface area contributed by atoms with Gasteiger partial charge in [0.2, 0.25) is 0 Å². The number of ether oxygens (including phenoxy) is 1. The Labute approximate surface area is 237 Å². The van der Waals surface area contributed by atoms with E-state index in [4.69, 9.17) is 19.7 Å². The normalized spacial score (nSPS) is 15.3. The molecule has 3 aromatic carbocycles. The molecule has 1 amide bonds. The quantitative estimate of drug-likeness (QED) is 0.255. The fourth-order valence-corrected chi connectivity index (χ4v) is 5.33. The number of nitrogens with one attached hydrogen (secondary N) is 1. The summed E-state index contributed by atoms with van der Waals surface area (Å²) in [5.41, 5.74) is 4.39. The second-order valence-electron chi connectivity index (χ2n) is 10.5. The van der Waals surface area contributed by atoms with Gasteiger partial charge in [0.15, 0.2) is 0 Å². The highest BCUT2D eigenvalue weighted by molar-refractivity contribution is 6.01. The van der Waals surface area contributed by atoms with Crippen molar-refractivity contribution in [1.82, 2.24) is 10.2 Å². The molecule has 1 fully saturated rings. The first-order valence-corrected chi connectivity index (χ1v) is 14.0. The van der Waals surface area contributed by atoms with Gasteiger partial charge in [-0.2, -0.15) is 0 Å². The molecule has 0 aliphatic carbocycles. The summed E-state index contributed by atoms with van der Waals surface area (Å²) in [5, 5.41) is 17.3. The van der Waals surface area contributed by atoms with Crippen LogP contribution in [0.4, 0.5) is 4.79 Å². The molecule has 3 aromatic rings. The minimum atomic E-state index is -1.83. The minimum Gasteiger partial charge on any atom is -0.497 e. The Balaban J connectivity index is 0.00000103. The van der Waals surface area contributed by atoms with Gasteiger partial charge >= 0.3 is 6.16 Å². The fourth-order valence-electron chi connectivity index (χ4n) is 5.33. The van der Waals surface area contributed by atoms with Gasteiger partial charge in [-0.25, -0.2) is 4.79 Å². The topological polar surface area (TPSA) is 99.1 Å². The Morgan fingerprint density at radius 2 is 1.55 bits per heavy atom. The van der Waals surface area contributed by atoms with Crippen molar-refractivity contribution < 1.29 is 24.5 Å². The molecule has 0 spiro atoms. The summed E-state index contributed by atoms with van der Waals surface area (Å²) in [6.07, 6.45) is 3.72. The van der Waals surface area contributed by atoms with Crippen LogP contribution in [-0.2, 0) is 5.41 Å². The lowest BCUT2D eigenvalue weighted by molar-refractivity contribution is 0.0910. The van der Waals surface area contributed by atoms with E-state index in [9.17, 15) is 4.79 Å². The van der Waals surface area contributed by atoms with Crippen LogP contribution in [0.3, 0.4) is 0 Å². The van der Waals surface area contributed by atoms with Crippen molar-refractivity contribution in [2.75, 3.05) is 26.7 Å². The molecule has 1 aliphatic heterocycles. The lowest BCUT2D eigenvalue weighted by Crippen LogP contribution is -2.45. The molecule has 1 saturated heterocycles. The van der Waals surface area contributed by atoms with Crippen LogP contribution in [0.25, 0.3) is 11.1 Å². The summed E-state index contributed by atoms with van der Waals surface area (Å²) in [4.78, 5) is 24.3. The van der Waals surface area contributed by atoms with E-state index < -0.39 is 6.16 Å². The summed E-state index contributed by atoms with van der Waals surface area (Å²) < 4.78 is 5.28. The molecule has 0 radical (unpaired) electrons. The summed E-state index contributed by atoms with van der Waals surface area (Å²) in [6.45, 7) is 7.91. The third-order valence-electron chi connectivity index (χ3n) is 7.95. The van der Waals surface area contributed by atoms with Crippen LogP contribution in [0.5, 0.6) is 5.75 Å². The van der Waals surface area contributed by atoms with Crippen molar-refractivity contribution >= 4 is 12.1 Å². The SMILES string of the molecule is CCC(C)(CCCN1CCC(NC(=O)c2ccccc2-c2ccc(OC)cc2)CC1)c1ccccc1.O=C(O)O. The highest BCUT2D eigenvalue weighted by Gasteiger charge is 2.26.